The van der Waals surface area contributed by atoms with Crippen molar-refractivity contribution in [3.63, 3.8) is 0 Å². The van der Waals surface area contributed by atoms with Crippen molar-refractivity contribution in [2.45, 2.75) is 47.0 Å². The van der Waals surface area contributed by atoms with Gasteiger partial charge in [-0.2, -0.15) is 0 Å². The summed E-state index contributed by atoms with van der Waals surface area (Å²) in [6.45, 7) is 11.2. The fraction of sp³-hybridized carbons (Fsp3) is 0.529. The number of carbonyl (C=O) groups excluding carboxylic acids is 2. The highest BCUT2D eigenvalue weighted by atomic mass is 16.5. The van der Waals surface area contributed by atoms with Crippen molar-refractivity contribution >= 4 is 11.8 Å². The predicted octanol–water partition coefficient (Wildman–Crippen LogP) is 4.00. The van der Waals surface area contributed by atoms with Crippen molar-refractivity contribution in [2.24, 2.45) is 5.92 Å². The summed E-state index contributed by atoms with van der Waals surface area (Å²) in [6, 6.07) is 0. The van der Waals surface area contributed by atoms with Crippen LogP contribution in [0, 0.1) is 5.92 Å². The van der Waals surface area contributed by atoms with Crippen molar-refractivity contribution in [1.82, 2.24) is 0 Å². The fourth-order valence-electron chi connectivity index (χ4n) is 1.68. The van der Waals surface area contributed by atoms with Crippen molar-refractivity contribution in [1.29, 1.82) is 0 Å². The van der Waals surface area contributed by atoms with Gasteiger partial charge >= 0.3 is 5.97 Å². The molecule has 0 saturated heterocycles. The molecule has 0 N–H and O–H groups in total. The van der Waals surface area contributed by atoms with Crippen molar-refractivity contribution in [3.8, 4) is 0 Å². The molecule has 112 valence electrons. The van der Waals surface area contributed by atoms with E-state index in [4.69, 9.17) is 4.74 Å². The quantitative estimate of drug-likeness (QED) is 0.364. The highest BCUT2D eigenvalue weighted by Crippen LogP contribution is 2.13. The topological polar surface area (TPSA) is 43.4 Å². The molecule has 0 spiro atoms. The Kier molecular flexibility index (Phi) is 9.35. The van der Waals surface area contributed by atoms with E-state index in [9.17, 15) is 9.59 Å². The van der Waals surface area contributed by atoms with Gasteiger partial charge in [-0.3, -0.25) is 9.59 Å². The van der Waals surface area contributed by atoms with Crippen molar-refractivity contribution in [3.05, 3.63) is 36.0 Å². The molecule has 20 heavy (non-hydrogen) atoms. The SMILES string of the molecule is C=CCOC(=O)C(C/C=C(\C)CCC=C(C)C)C(C)=O. The molecular formula is C17H26O3. The lowest BCUT2D eigenvalue weighted by atomic mass is 9.98. The molecule has 0 amide bonds. The Morgan fingerprint density at radius 2 is 1.80 bits per heavy atom. The van der Waals surface area contributed by atoms with E-state index >= 15 is 0 Å². The first-order valence-corrected chi connectivity index (χ1v) is 6.95. The maximum absolute atomic E-state index is 11.7. The van der Waals surface area contributed by atoms with Crippen LogP contribution in [0.5, 0.6) is 0 Å². The van der Waals surface area contributed by atoms with Gasteiger partial charge in [0.05, 0.1) is 0 Å². The summed E-state index contributed by atoms with van der Waals surface area (Å²) in [6.07, 6.45) is 7.97. The molecule has 0 aromatic heterocycles. The number of hydrogen-bond acceptors (Lipinski definition) is 3. The lowest BCUT2D eigenvalue weighted by Crippen LogP contribution is -2.24. The largest absolute Gasteiger partial charge is 0.461 e. The van der Waals surface area contributed by atoms with Crippen LogP contribution in [0.25, 0.3) is 0 Å². The first-order chi connectivity index (χ1) is 9.38. The van der Waals surface area contributed by atoms with Crippen LogP contribution in [0.1, 0.15) is 47.0 Å². The number of allylic oxidation sites excluding steroid dienone is 4. The van der Waals surface area contributed by atoms with Gasteiger partial charge in [0.1, 0.15) is 18.3 Å². The number of ether oxygens (including phenoxy) is 1. The van der Waals surface area contributed by atoms with Gasteiger partial charge in [0.15, 0.2) is 0 Å². The molecule has 0 fully saturated rings. The summed E-state index contributed by atoms with van der Waals surface area (Å²) in [5, 5.41) is 0. The Morgan fingerprint density at radius 1 is 1.15 bits per heavy atom. The Morgan fingerprint density at radius 3 is 2.30 bits per heavy atom. The molecule has 0 radical (unpaired) electrons. The first-order valence-electron chi connectivity index (χ1n) is 6.95. The standard InChI is InChI=1S/C17H26O3/c1-6-12-20-17(19)16(15(5)18)11-10-14(4)9-7-8-13(2)3/h6,8,10,16H,1,7,9,11-12H2,2-5H3/b14-10+. The number of Topliss-reactive ketones (excluding diaryl/α,β-unsaturated/α-hetero) is 1. The van der Waals surface area contributed by atoms with Gasteiger partial charge in [-0.15, -0.1) is 0 Å². The number of rotatable bonds is 9. The molecule has 1 atom stereocenters. The Labute approximate surface area is 122 Å². The normalized spacial score (nSPS) is 12.5. The molecule has 0 saturated carbocycles. The van der Waals surface area contributed by atoms with E-state index < -0.39 is 11.9 Å². The highest BCUT2D eigenvalue weighted by molar-refractivity contribution is 5.97. The molecule has 0 aliphatic heterocycles. The Balaban J connectivity index is 4.45. The fourth-order valence-corrected chi connectivity index (χ4v) is 1.68. The molecule has 0 aliphatic rings. The van der Waals surface area contributed by atoms with E-state index in [1.54, 1.807) is 0 Å². The molecule has 3 heteroatoms. The van der Waals surface area contributed by atoms with Crippen LogP contribution in [0.15, 0.2) is 36.0 Å². The third kappa shape index (κ3) is 8.46. The molecule has 0 heterocycles. The van der Waals surface area contributed by atoms with Crippen molar-refractivity contribution in [2.75, 3.05) is 6.61 Å². The zero-order valence-corrected chi connectivity index (χ0v) is 13.1. The first kappa shape index (κ1) is 18.4. The van der Waals surface area contributed by atoms with E-state index in [0.29, 0.717) is 6.42 Å². The van der Waals surface area contributed by atoms with E-state index in [1.165, 1.54) is 24.1 Å². The number of carbonyl (C=O) groups is 2. The number of esters is 1. The second kappa shape index (κ2) is 10.2. The average molecular weight is 278 g/mol. The number of ketones is 1. The van der Waals surface area contributed by atoms with Crippen LogP contribution >= 0.6 is 0 Å². The maximum atomic E-state index is 11.7. The minimum atomic E-state index is -0.701. The zero-order chi connectivity index (χ0) is 15.5. The summed E-state index contributed by atoms with van der Waals surface area (Å²) < 4.78 is 4.94. The molecule has 0 aromatic rings. The van der Waals surface area contributed by atoms with E-state index in [2.05, 4.69) is 26.5 Å². The minimum absolute atomic E-state index is 0.145. The van der Waals surface area contributed by atoms with Gasteiger partial charge in [0.2, 0.25) is 0 Å². The van der Waals surface area contributed by atoms with Crippen LogP contribution in [0.4, 0.5) is 0 Å². The monoisotopic (exact) mass is 278 g/mol. The molecule has 0 bridgehead atoms. The van der Waals surface area contributed by atoms with Crippen LogP contribution in [0.2, 0.25) is 0 Å². The Hall–Kier alpha value is -1.64. The van der Waals surface area contributed by atoms with Gasteiger partial charge < -0.3 is 4.74 Å². The second-order valence-corrected chi connectivity index (χ2v) is 5.19. The van der Waals surface area contributed by atoms with Crippen LogP contribution < -0.4 is 0 Å². The average Bonchev–Trinajstić information content (AvgIpc) is 2.35. The molecule has 3 nitrogen and oxygen atoms in total. The zero-order valence-electron chi connectivity index (χ0n) is 13.1. The molecular weight excluding hydrogens is 252 g/mol. The predicted molar refractivity (Wildman–Crippen MR) is 82.4 cm³/mol. The lowest BCUT2D eigenvalue weighted by molar-refractivity contribution is -0.150. The van der Waals surface area contributed by atoms with E-state index in [0.717, 1.165) is 12.8 Å². The number of hydrogen-bond donors (Lipinski definition) is 0. The highest BCUT2D eigenvalue weighted by Gasteiger charge is 2.23. The van der Waals surface area contributed by atoms with Gasteiger partial charge in [0.25, 0.3) is 0 Å². The summed E-state index contributed by atoms with van der Waals surface area (Å²) >= 11 is 0. The third-order valence-corrected chi connectivity index (χ3v) is 2.91. The summed E-state index contributed by atoms with van der Waals surface area (Å²) in [7, 11) is 0. The van der Waals surface area contributed by atoms with Crippen molar-refractivity contribution < 1.29 is 14.3 Å². The molecule has 0 aliphatic carbocycles. The maximum Gasteiger partial charge on any atom is 0.317 e. The van der Waals surface area contributed by atoms with Gasteiger partial charge in [-0.1, -0.05) is 36.0 Å². The van der Waals surface area contributed by atoms with Crippen LogP contribution in [0.3, 0.4) is 0 Å². The summed E-state index contributed by atoms with van der Waals surface area (Å²) in [5.74, 6) is -1.33. The van der Waals surface area contributed by atoms with E-state index in [-0.39, 0.29) is 12.4 Å². The lowest BCUT2D eigenvalue weighted by Gasteiger charge is -2.11. The van der Waals surface area contributed by atoms with Gasteiger partial charge in [-0.25, -0.2) is 0 Å². The van der Waals surface area contributed by atoms with E-state index in [1.807, 2.05) is 13.0 Å². The Bertz CT molecular complexity index is 398. The molecule has 0 aromatic carbocycles. The molecule has 1 unspecified atom stereocenters. The van der Waals surface area contributed by atoms with Crippen LogP contribution in [-0.4, -0.2) is 18.4 Å². The van der Waals surface area contributed by atoms with Gasteiger partial charge in [-0.05, 0) is 47.0 Å². The minimum Gasteiger partial charge on any atom is -0.461 e. The summed E-state index contributed by atoms with van der Waals surface area (Å²) in [5.41, 5.74) is 2.48. The molecule has 0 rings (SSSR count). The second-order valence-electron chi connectivity index (χ2n) is 5.19. The third-order valence-electron chi connectivity index (χ3n) is 2.91. The van der Waals surface area contributed by atoms with Gasteiger partial charge in [0, 0.05) is 0 Å². The smallest absolute Gasteiger partial charge is 0.317 e. The summed E-state index contributed by atoms with van der Waals surface area (Å²) in [4.78, 5) is 23.2. The van der Waals surface area contributed by atoms with Crippen LogP contribution in [-0.2, 0) is 14.3 Å².